The van der Waals surface area contributed by atoms with Gasteiger partial charge in [-0.05, 0) is 25.5 Å². The maximum Gasteiger partial charge on any atom is 0.412 e. The summed E-state index contributed by atoms with van der Waals surface area (Å²) < 4.78 is 17.7. The highest BCUT2D eigenvalue weighted by molar-refractivity contribution is 5.88. The second-order valence-corrected chi connectivity index (χ2v) is 7.56. The van der Waals surface area contributed by atoms with Crippen LogP contribution in [0.5, 0.6) is 0 Å². The smallest absolute Gasteiger partial charge is 0.412 e. The van der Waals surface area contributed by atoms with Crippen molar-refractivity contribution in [3.05, 3.63) is 24.2 Å². The molecule has 31 heavy (non-hydrogen) atoms. The number of esters is 1. The fourth-order valence-corrected chi connectivity index (χ4v) is 3.71. The molecule has 11 nitrogen and oxygen atoms in total. The van der Waals surface area contributed by atoms with E-state index in [1.54, 1.807) is 19.1 Å². The van der Waals surface area contributed by atoms with Gasteiger partial charge in [0.05, 0.1) is 18.9 Å². The van der Waals surface area contributed by atoms with Crippen molar-refractivity contribution in [1.29, 1.82) is 0 Å². The van der Waals surface area contributed by atoms with Gasteiger partial charge < -0.3 is 24.4 Å². The molecule has 170 valence electrons. The van der Waals surface area contributed by atoms with E-state index in [-0.39, 0.29) is 5.82 Å². The zero-order chi connectivity index (χ0) is 22.6. The maximum atomic E-state index is 12.1. The Bertz CT molecular complexity index is 933. The Balaban J connectivity index is 1.85. The van der Waals surface area contributed by atoms with Gasteiger partial charge in [0, 0.05) is 6.92 Å². The first-order valence-electron chi connectivity index (χ1n) is 10.2. The molecule has 1 aliphatic heterocycles. The van der Waals surface area contributed by atoms with Crippen LogP contribution in [-0.4, -0.2) is 68.4 Å². The summed E-state index contributed by atoms with van der Waals surface area (Å²) in [6.07, 6.45) is 0.175. The molecule has 2 aromatic heterocycles. The summed E-state index contributed by atoms with van der Waals surface area (Å²) >= 11 is 0. The number of nitrogens with zero attached hydrogens (tertiary/aromatic N) is 3. The number of rotatable bonds is 8. The van der Waals surface area contributed by atoms with E-state index in [9.17, 15) is 19.8 Å². The summed E-state index contributed by atoms with van der Waals surface area (Å²) in [4.78, 5) is 27.6. The molecule has 4 atom stereocenters. The van der Waals surface area contributed by atoms with Crippen LogP contribution in [-0.2, 0) is 24.6 Å². The van der Waals surface area contributed by atoms with Crippen LogP contribution in [0.2, 0.25) is 0 Å². The Morgan fingerprint density at radius 2 is 2.13 bits per heavy atom. The van der Waals surface area contributed by atoms with Crippen molar-refractivity contribution in [3.63, 3.8) is 0 Å². The van der Waals surface area contributed by atoms with E-state index in [1.165, 1.54) is 17.8 Å². The minimum absolute atomic E-state index is 0.230. The third-order valence-electron chi connectivity index (χ3n) is 5.28. The molecule has 0 saturated carbocycles. The van der Waals surface area contributed by atoms with E-state index in [1.807, 2.05) is 0 Å². The predicted molar refractivity (Wildman–Crippen MR) is 108 cm³/mol. The number of amides is 1. The van der Waals surface area contributed by atoms with Gasteiger partial charge in [-0.2, -0.15) is 5.10 Å². The van der Waals surface area contributed by atoms with E-state index in [2.05, 4.69) is 22.3 Å². The van der Waals surface area contributed by atoms with Gasteiger partial charge in [-0.15, -0.1) is 0 Å². The van der Waals surface area contributed by atoms with Crippen molar-refractivity contribution in [3.8, 4) is 0 Å². The van der Waals surface area contributed by atoms with Crippen LogP contribution in [0.4, 0.5) is 10.6 Å². The van der Waals surface area contributed by atoms with Crippen LogP contribution in [0.1, 0.15) is 45.7 Å². The number of carbonyl (C=O) groups excluding carboxylic acids is 2. The molecule has 1 aliphatic rings. The fourth-order valence-electron chi connectivity index (χ4n) is 3.71. The number of ether oxygens (including phenoxy) is 3. The van der Waals surface area contributed by atoms with Crippen LogP contribution in [0.15, 0.2) is 18.5 Å². The first-order valence-corrected chi connectivity index (χ1v) is 10.2. The average molecular weight is 436 g/mol. The van der Waals surface area contributed by atoms with Gasteiger partial charge in [0.1, 0.15) is 29.7 Å². The number of aliphatic hydroxyl groups excluding tert-OH is 2. The third kappa shape index (κ3) is 4.63. The molecule has 2 aromatic rings. The van der Waals surface area contributed by atoms with Crippen molar-refractivity contribution < 1.29 is 34.0 Å². The Kier molecular flexibility index (Phi) is 7.08. The molecule has 1 saturated heterocycles. The van der Waals surface area contributed by atoms with Gasteiger partial charge in [0.25, 0.3) is 0 Å². The highest BCUT2D eigenvalue weighted by atomic mass is 16.6. The van der Waals surface area contributed by atoms with Gasteiger partial charge >= 0.3 is 12.1 Å². The fraction of sp³-hybridized carbons (Fsp3) is 0.600. The van der Waals surface area contributed by atoms with Gasteiger partial charge in [-0.1, -0.05) is 19.8 Å². The van der Waals surface area contributed by atoms with Crippen molar-refractivity contribution in [2.24, 2.45) is 0 Å². The molecule has 1 amide bonds. The molecular weight excluding hydrogens is 408 g/mol. The lowest BCUT2D eigenvalue weighted by molar-refractivity contribution is -0.153. The van der Waals surface area contributed by atoms with Crippen LogP contribution in [0, 0.1) is 0 Å². The molecule has 1 fully saturated rings. The largest absolute Gasteiger partial charge is 0.457 e. The monoisotopic (exact) mass is 436 g/mol. The Morgan fingerprint density at radius 3 is 2.81 bits per heavy atom. The Morgan fingerprint density at radius 1 is 1.35 bits per heavy atom. The molecule has 3 heterocycles. The molecule has 0 spiro atoms. The summed E-state index contributed by atoms with van der Waals surface area (Å²) in [7, 11) is 0. The van der Waals surface area contributed by atoms with Crippen molar-refractivity contribution in [1.82, 2.24) is 14.6 Å². The van der Waals surface area contributed by atoms with E-state index in [0.29, 0.717) is 17.8 Å². The molecule has 3 N–H and O–H groups in total. The molecule has 0 unspecified atom stereocenters. The Hall–Kier alpha value is -2.76. The minimum Gasteiger partial charge on any atom is -0.457 e. The van der Waals surface area contributed by atoms with E-state index in [4.69, 9.17) is 14.2 Å². The molecule has 3 rings (SSSR count). The lowest BCUT2D eigenvalue weighted by Gasteiger charge is -2.27. The van der Waals surface area contributed by atoms with Gasteiger partial charge in [-0.25, -0.2) is 14.3 Å². The number of fused-ring (bicyclic) bond motifs is 1. The van der Waals surface area contributed by atoms with Crippen molar-refractivity contribution >= 4 is 23.4 Å². The second-order valence-electron chi connectivity index (χ2n) is 7.56. The lowest BCUT2D eigenvalue weighted by atomic mass is 9.93. The highest BCUT2D eigenvalue weighted by Gasteiger charge is 2.55. The van der Waals surface area contributed by atoms with Crippen LogP contribution in [0.3, 0.4) is 0 Å². The van der Waals surface area contributed by atoms with Crippen LogP contribution in [0.25, 0.3) is 5.52 Å². The number of aliphatic hydroxyl groups is 2. The Labute approximate surface area is 179 Å². The number of carbonyl (C=O) groups is 2. The average Bonchev–Trinajstić information content (AvgIpc) is 3.27. The zero-order valence-corrected chi connectivity index (χ0v) is 17.8. The van der Waals surface area contributed by atoms with E-state index < -0.39 is 42.6 Å². The molecule has 0 aliphatic carbocycles. The summed E-state index contributed by atoms with van der Waals surface area (Å²) in [5, 5.41) is 27.3. The summed E-state index contributed by atoms with van der Waals surface area (Å²) in [6, 6.07) is 3.33. The summed E-state index contributed by atoms with van der Waals surface area (Å²) in [6.45, 7) is 4.76. The van der Waals surface area contributed by atoms with Crippen molar-refractivity contribution in [2.75, 3.05) is 18.5 Å². The lowest BCUT2D eigenvalue weighted by Crippen LogP contribution is -2.41. The number of nitrogens with one attached hydrogen (secondary N) is 1. The van der Waals surface area contributed by atoms with Crippen LogP contribution >= 0.6 is 0 Å². The molecule has 11 heteroatoms. The minimum atomic E-state index is -1.34. The van der Waals surface area contributed by atoms with E-state index >= 15 is 0 Å². The SMILES string of the molecule is CCCCCOC(=O)Nc1ncnn2c([C@]3(C)O[C@H](CO)[C@@H](OC(C)=O)[C@H]3O)ccc12. The standard InChI is InChI=1S/C20H28N4O7/c1-4-5-6-9-29-19(28)23-18-13-7-8-15(24(13)22-11-21-18)20(3)17(27)16(30-12(2)26)14(10-25)31-20/h7-8,11,14,16-17,25,27H,4-6,9-10H2,1-3H3,(H,21,22,23,28)/t14-,16-,17-,20+/m1/s1. The first-order chi connectivity index (χ1) is 14.8. The topological polar surface area (TPSA) is 145 Å². The first kappa shape index (κ1) is 22.9. The number of hydrogen-bond acceptors (Lipinski definition) is 9. The van der Waals surface area contributed by atoms with Gasteiger partial charge in [0.15, 0.2) is 11.9 Å². The number of hydrogen-bond donors (Lipinski definition) is 3. The molecular formula is C20H28N4O7. The highest BCUT2D eigenvalue weighted by Crippen LogP contribution is 2.41. The van der Waals surface area contributed by atoms with Gasteiger partial charge in [-0.3, -0.25) is 10.1 Å². The van der Waals surface area contributed by atoms with Crippen molar-refractivity contribution in [2.45, 2.75) is 63.9 Å². The zero-order valence-electron chi connectivity index (χ0n) is 17.8. The molecule has 0 aromatic carbocycles. The molecule has 0 bridgehead atoms. The second kappa shape index (κ2) is 9.58. The predicted octanol–water partition coefficient (Wildman–Crippen LogP) is 1.37. The maximum absolute atomic E-state index is 12.1. The normalized spacial score (nSPS) is 25.5. The summed E-state index contributed by atoms with van der Waals surface area (Å²) in [5.74, 6) is -0.366. The number of unbranched alkanes of at least 4 members (excludes halogenated alkanes) is 2. The summed E-state index contributed by atoms with van der Waals surface area (Å²) in [5.41, 5.74) is -0.451. The number of anilines is 1. The molecule has 0 radical (unpaired) electrons. The van der Waals surface area contributed by atoms with Gasteiger partial charge in [0.2, 0.25) is 0 Å². The number of aromatic nitrogens is 3. The van der Waals surface area contributed by atoms with E-state index in [0.717, 1.165) is 19.3 Å². The third-order valence-corrected chi connectivity index (χ3v) is 5.28. The quantitative estimate of drug-likeness (QED) is 0.413. The van der Waals surface area contributed by atoms with Crippen LogP contribution < -0.4 is 5.32 Å².